The zero-order chi connectivity index (χ0) is 34.6. The van der Waals surface area contributed by atoms with Crippen molar-refractivity contribution in [1.29, 1.82) is 0 Å². The van der Waals surface area contributed by atoms with Crippen molar-refractivity contribution >= 4 is 45.7 Å². The molecular weight excluding hydrogens is 656 g/mol. The molecular formula is C32H33F3N5O5S2-. The van der Waals surface area contributed by atoms with E-state index < -0.39 is 51.9 Å². The maximum absolute atomic E-state index is 13.9. The molecule has 2 unspecified atom stereocenters. The normalized spacial score (nSPS) is 14.0. The fourth-order valence-corrected chi connectivity index (χ4v) is 6.76. The molecule has 47 heavy (non-hydrogen) atoms. The molecule has 4 aromatic rings. The second-order valence-corrected chi connectivity index (χ2v) is 14.8. The van der Waals surface area contributed by atoms with Crippen molar-refractivity contribution in [3.05, 3.63) is 93.6 Å². The van der Waals surface area contributed by atoms with Crippen molar-refractivity contribution in [3.63, 3.8) is 0 Å². The van der Waals surface area contributed by atoms with Gasteiger partial charge in [-0.1, -0.05) is 42.5 Å². The van der Waals surface area contributed by atoms with Gasteiger partial charge >= 0.3 is 6.18 Å². The van der Waals surface area contributed by atoms with Crippen LogP contribution in [0.4, 0.5) is 13.2 Å². The summed E-state index contributed by atoms with van der Waals surface area (Å²) in [6, 6.07) is 15.0. The zero-order valence-electron chi connectivity index (χ0n) is 26.1. The van der Waals surface area contributed by atoms with Crippen LogP contribution >= 0.6 is 11.9 Å². The van der Waals surface area contributed by atoms with Crippen LogP contribution in [-0.2, 0) is 44.5 Å². The van der Waals surface area contributed by atoms with E-state index in [1.165, 1.54) is 37.1 Å². The molecule has 1 amide bonds. The largest absolute Gasteiger partial charge is 0.549 e. The number of pyridine rings is 1. The maximum Gasteiger partial charge on any atom is 0.393 e. The Bertz CT molecular complexity index is 1800. The van der Waals surface area contributed by atoms with Crippen molar-refractivity contribution in [2.45, 2.75) is 74.3 Å². The molecule has 0 aliphatic rings. The number of aromatic nitrogens is 3. The van der Waals surface area contributed by atoms with Crippen LogP contribution in [0.5, 0.6) is 0 Å². The molecule has 15 heteroatoms. The Labute approximate surface area is 276 Å². The number of nitrogens with zero attached hydrogens (tertiary/aromatic N) is 4. The van der Waals surface area contributed by atoms with Crippen molar-refractivity contribution in [1.82, 2.24) is 19.9 Å². The van der Waals surface area contributed by atoms with E-state index in [-0.39, 0.29) is 51.9 Å². The Kier molecular flexibility index (Phi) is 10.9. The van der Waals surface area contributed by atoms with Gasteiger partial charge in [0.05, 0.1) is 50.4 Å². The summed E-state index contributed by atoms with van der Waals surface area (Å²) in [5.74, 6) is -2.29. The number of hydrogen-bond acceptors (Lipinski definition) is 9. The maximum atomic E-state index is 13.9. The number of alkyl halides is 3. The first-order valence-corrected chi connectivity index (χ1v) is 16.5. The number of aromatic amines is 1. The molecule has 10 nitrogen and oxygen atoms in total. The lowest BCUT2D eigenvalue weighted by atomic mass is 9.78. The van der Waals surface area contributed by atoms with E-state index in [0.29, 0.717) is 5.52 Å². The number of aliphatic carboxylic acids is 1. The van der Waals surface area contributed by atoms with Crippen LogP contribution in [-0.4, -0.2) is 53.4 Å². The Morgan fingerprint density at radius 1 is 1.06 bits per heavy atom. The van der Waals surface area contributed by atoms with E-state index >= 15 is 0 Å². The Hall–Kier alpha value is -4.11. The summed E-state index contributed by atoms with van der Waals surface area (Å²) in [6.07, 6.45) is -4.86. The number of imidazole rings is 1. The van der Waals surface area contributed by atoms with Crippen LogP contribution < -0.4 is 5.11 Å². The van der Waals surface area contributed by atoms with Gasteiger partial charge in [-0.2, -0.15) is 13.2 Å². The number of H-pyrrole nitrogens is 1. The molecule has 0 fully saturated rings. The molecule has 4 rings (SSSR count). The highest BCUT2D eigenvalue weighted by Gasteiger charge is 2.37. The van der Waals surface area contributed by atoms with E-state index in [1.807, 2.05) is 30.3 Å². The first-order chi connectivity index (χ1) is 22.0. The molecule has 0 radical (unpaired) electrons. The fraction of sp³-hybridized carbons (Fsp3) is 0.375. The molecule has 0 saturated heterocycles. The van der Waals surface area contributed by atoms with Gasteiger partial charge in [-0.3, -0.25) is 14.0 Å². The minimum absolute atomic E-state index is 0.0199. The fourth-order valence-electron chi connectivity index (χ4n) is 5.25. The molecule has 1 N–H and O–H groups in total. The quantitative estimate of drug-likeness (QED) is 0.139. The first kappa shape index (κ1) is 35.7. The number of nitrogens with one attached hydrogen (secondary N) is 1. The predicted molar refractivity (Wildman–Crippen MR) is 171 cm³/mol. The van der Waals surface area contributed by atoms with Crippen molar-refractivity contribution in [2.75, 3.05) is 6.54 Å². The Balaban J connectivity index is 1.66. The van der Waals surface area contributed by atoms with Gasteiger partial charge in [0, 0.05) is 47.7 Å². The number of hydrogen-bond donors (Lipinski definition) is 1. The van der Waals surface area contributed by atoms with Gasteiger partial charge in [0.15, 0.2) is 5.16 Å². The number of rotatable bonds is 14. The highest BCUT2D eigenvalue weighted by molar-refractivity contribution is 7.99. The minimum atomic E-state index is -4.43. The number of amides is 1. The minimum Gasteiger partial charge on any atom is -0.549 e. The molecule has 0 spiro atoms. The number of carboxylic acids is 1. The molecule has 2 aromatic carbocycles. The second kappa shape index (κ2) is 14.3. The topological polar surface area (TPSA) is 149 Å². The summed E-state index contributed by atoms with van der Waals surface area (Å²) < 4.78 is 54.6. The Morgan fingerprint density at radius 2 is 1.77 bits per heavy atom. The number of benzene rings is 2. The number of carbonyl (C=O) groups excluding carboxylic acids is 2. The van der Waals surface area contributed by atoms with E-state index in [1.54, 1.807) is 26.0 Å². The lowest BCUT2D eigenvalue weighted by Crippen LogP contribution is -2.49. The lowest BCUT2D eigenvalue weighted by molar-refractivity contribution is -0.313. The van der Waals surface area contributed by atoms with E-state index in [2.05, 4.69) is 19.5 Å². The number of carbonyl (C=O) groups is 2. The van der Waals surface area contributed by atoms with Crippen LogP contribution in [0, 0.1) is 11.8 Å². The monoisotopic (exact) mass is 688 g/mol. The molecule has 2 aromatic heterocycles. The van der Waals surface area contributed by atoms with Crippen molar-refractivity contribution in [3.8, 4) is 0 Å². The van der Waals surface area contributed by atoms with Gasteiger partial charge in [-0.05, 0) is 62.1 Å². The van der Waals surface area contributed by atoms with Gasteiger partial charge in [-0.15, -0.1) is 4.91 Å². The summed E-state index contributed by atoms with van der Waals surface area (Å²) in [6.45, 7) is 6.58. The van der Waals surface area contributed by atoms with Gasteiger partial charge in [0.2, 0.25) is 5.91 Å². The molecule has 2 heterocycles. The third kappa shape index (κ3) is 8.83. The number of fused-ring (bicyclic) bond motifs is 1. The summed E-state index contributed by atoms with van der Waals surface area (Å²) in [4.78, 5) is 50.7. The van der Waals surface area contributed by atoms with Crippen LogP contribution in [0.15, 0.2) is 70.5 Å². The number of carboxylic acid groups (broad SMARTS) is 1. The molecule has 0 saturated carbocycles. The number of nitroso groups, excluding NO2 is 1. The summed E-state index contributed by atoms with van der Waals surface area (Å²) in [7, 11) is -1.89. The average Bonchev–Trinajstić information content (AvgIpc) is 3.43. The van der Waals surface area contributed by atoms with Crippen molar-refractivity contribution < 1.29 is 32.1 Å². The molecule has 250 valence electrons. The highest BCUT2D eigenvalue weighted by atomic mass is 32.2. The van der Waals surface area contributed by atoms with Gasteiger partial charge < -0.3 is 19.8 Å². The van der Waals surface area contributed by atoms with E-state index in [0.717, 1.165) is 17.5 Å². The van der Waals surface area contributed by atoms with Crippen LogP contribution in [0.3, 0.4) is 0 Å². The average molecular weight is 689 g/mol. The molecule has 0 bridgehead atoms. The SMILES string of the molecule is Cc1c(CC(F)(F)F)ccnc1CS(=O)c1nc2c(C(C)(CC(=O)N(Cc3ccccc3)CC(C)(C)SN=O)C(=O)[O-])cccc2[nH]1. The third-order valence-electron chi connectivity index (χ3n) is 7.76. The molecule has 2 atom stereocenters. The number of para-hydroxylation sites is 1. The van der Waals surface area contributed by atoms with Crippen LogP contribution in [0.2, 0.25) is 0 Å². The van der Waals surface area contributed by atoms with E-state index in [9.17, 15) is 37.0 Å². The highest BCUT2D eigenvalue weighted by Crippen LogP contribution is 2.35. The molecule has 0 aliphatic carbocycles. The number of halogens is 3. The second-order valence-electron chi connectivity index (χ2n) is 12.0. The lowest BCUT2D eigenvalue weighted by Gasteiger charge is -2.35. The third-order valence-corrected chi connectivity index (χ3v) is 9.62. The summed E-state index contributed by atoms with van der Waals surface area (Å²) in [5, 5.41) is 12.8. The first-order valence-electron chi connectivity index (χ1n) is 14.4. The van der Waals surface area contributed by atoms with Gasteiger partial charge in [-0.25, -0.2) is 4.98 Å². The standard InChI is InChI=1S/C32H34F3N5O5S2/c1-20-22(15-32(33,34)35)13-14-36-25(20)18-47(45)29-37-24-12-8-11-23(27(24)38-29)31(4,28(42)43)16-26(41)40(19-30(2,3)46-39-44)17-21-9-6-5-7-10-21/h5-14H,15-19H2,1-4H3,(H,37,38)(H,42,43)/p-1. The molecule has 0 aliphatic heterocycles. The van der Waals surface area contributed by atoms with Crippen LogP contribution in [0.25, 0.3) is 11.0 Å². The van der Waals surface area contributed by atoms with Gasteiger partial charge in [0.1, 0.15) is 0 Å². The summed E-state index contributed by atoms with van der Waals surface area (Å²) >= 11 is 0.772. The van der Waals surface area contributed by atoms with E-state index in [4.69, 9.17) is 0 Å². The Morgan fingerprint density at radius 3 is 2.40 bits per heavy atom. The zero-order valence-corrected chi connectivity index (χ0v) is 27.7. The van der Waals surface area contributed by atoms with Crippen LogP contribution in [0.1, 0.15) is 55.1 Å². The predicted octanol–water partition coefficient (Wildman–Crippen LogP) is 5.30. The summed E-state index contributed by atoms with van der Waals surface area (Å²) in [5.41, 5.74) is 0.0520. The van der Waals surface area contributed by atoms with Crippen molar-refractivity contribution in [2.24, 2.45) is 4.58 Å². The van der Waals surface area contributed by atoms with Gasteiger partial charge in [0.25, 0.3) is 0 Å². The smallest absolute Gasteiger partial charge is 0.393 e.